The third-order valence-corrected chi connectivity index (χ3v) is 4.59. The molecule has 0 atom stereocenters. The van der Waals surface area contributed by atoms with E-state index >= 15 is 0 Å². The molecule has 0 bridgehead atoms. The Kier molecular flexibility index (Phi) is 4.53. The van der Waals surface area contributed by atoms with Gasteiger partial charge in [0.25, 0.3) is 5.91 Å². The Bertz CT molecular complexity index is 1050. The van der Waals surface area contributed by atoms with E-state index in [4.69, 9.17) is 0 Å². The van der Waals surface area contributed by atoms with Crippen LogP contribution in [0.2, 0.25) is 0 Å². The summed E-state index contributed by atoms with van der Waals surface area (Å²) in [6.45, 7) is 1.63. The Hall–Kier alpha value is -3.67. The molecule has 1 amide bonds. The van der Waals surface area contributed by atoms with Crippen LogP contribution in [-0.2, 0) is 17.9 Å². The minimum atomic E-state index is -0.540. The lowest BCUT2D eigenvalue weighted by Gasteiger charge is -2.23. The van der Waals surface area contributed by atoms with Gasteiger partial charge in [-0.2, -0.15) is 0 Å². The van der Waals surface area contributed by atoms with Gasteiger partial charge in [-0.15, -0.1) is 4.91 Å². The number of rotatable bonds is 5. The van der Waals surface area contributed by atoms with Gasteiger partial charge in [0, 0.05) is 41.0 Å². The molecule has 6 heteroatoms. The third kappa shape index (κ3) is 3.64. The molecule has 1 aromatic heterocycles. The van der Waals surface area contributed by atoms with Crippen LogP contribution in [0.25, 0.3) is 23.1 Å². The lowest BCUT2D eigenvalue weighted by Crippen LogP contribution is -2.19. The number of carbonyl (C=O) groups is 1. The predicted octanol–water partition coefficient (Wildman–Crippen LogP) is 3.97. The molecule has 27 heavy (non-hydrogen) atoms. The minimum Gasteiger partial charge on any atom is -0.367 e. The second-order valence-corrected chi connectivity index (χ2v) is 6.43. The zero-order chi connectivity index (χ0) is 18.6. The van der Waals surface area contributed by atoms with Crippen LogP contribution < -0.4 is 5.43 Å². The van der Waals surface area contributed by atoms with Crippen molar-refractivity contribution in [1.29, 1.82) is 0 Å². The number of nitrogens with zero attached hydrogens (tertiary/aromatic N) is 2. The van der Waals surface area contributed by atoms with Crippen LogP contribution in [0.15, 0.2) is 66.1 Å². The average molecular weight is 358 g/mol. The fourth-order valence-electron chi connectivity index (χ4n) is 3.30. The van der Waals surface area contributed by atoms with Gasteiger partial charge in [0.1, 0.15) is 0 Å². The Morgan fingerprint density at radius 1 is 1.19 bits per heavy atom. The SMILES string of the molecule is O=NNC(=O)C=Cc1ccc(CN2C=Cc3c([nH]c4ccccc34)C2)cc1. The van der Waals surface area contributed by atoms with Crippen molar-refractivity contribution < 1.29 is 4.79 Å². The van der Waals surface area contributed by atoms with Crippen LogP contribution in [0.4, 0.5) is 0 Å². The van der Waals surface area contributed by atoms with Crippen LogP contribution in [0.1, 0.15) is 22.4 Å². The second-order valence-electron chi connectivity index (χ2n) is 6.43. The normalized spacial score (nSPS) is 13.1. The first-order chi connectivity index (χ1) is 13.2. The van der Waals surface area contributed by atoms with E-state index in [1.54, 1.807) is 6.08 Å². The third-order valence-electron chi connectivity index (χ3n) is 4.59. The first-order valence-electron chi connectivity index (χ1n) is 8.64. The van der Waals surface area contributed by atoms with Crippen LogP contribution in [0.3, 0.4) is 0 Å². The number of aromatic nitrogens is 1. The summed E-state index contributed by atoms with van der Waals surface area (Å²) >= 11 is 0. The zero-order valence-electron chi connectivity index (χ0n) is 14.6. The molecule has 0 saturated carbocycles. The topological polar surface area (TPSA) is 77.6 Å². The smallest absolute Gasteiger partial charge is 0.266 e. The molecule has 1 aliphatic rings. The van der Waals surface area contributed by atoms with Crippen molar-refractivity contribution in [2.75, 3.05) is 0 Å². The molecule has 134 valence electrons. The summed E-state index contributed by atoms with van der Waals surface area (Å²) in [4.78, 5) is 26.9. The Labute approximate surface area is 156 Å². The van der Waals surface area contributed by atoms with Gasteiger partial charge in [-0.1, -0.05) is 42.5 Å². The molecule has 2 aromatic carbocycles. The van der Waals surface area contributed by atoms with Gasteiger partial charge in [-0.3, -0.25) is 4.79 Å². The van der Waals surface area contributed by atoms with E-state index in [0.29, 0.717) is 0 Å². The monoisotopic (exact) mass is 358 g/mol. The molecule has 4 rings (SSSR count). The molecular weight excluding hydrogens is 340 g/mol. The molecule has 2 N–H and O–H groups in total. The number of amides is 1. The van der Waals surface area contributed by atoms with Crippen molar-refractivity contribution in [2.24, 2.45) is 5.29 Å². The number of fused-ring (bicyclic) bond motifs is 3. The van der Waals surface area contributed by atoms with Crippen LogP contribution in [-0.4, -0.2) is 15.8 Å². The number of benzene rings is 2. The maximum atomic E-state index is 11.2. The van der Waals surface area contributed by atoms with Gasteiger partial charge in [-0.05, 0) is 29.3 Å². The molecular formula is C21H18N4O2. The summed E-state index contributed by atoms with van der Waals surface area (Å²) in [5.74, 6) is -0.540. The van der Waals surface area contributed by atoms with E-state index in [9.17, 15) is 9.70 Å². The fraction of sp³-hybridized carbons (Fsp3) is 0.0952. The number of para-hydroxylation sites is 1. The predicted molar refractivity (Wildman–Crippen MR) is 106 cm³/mol. The summed E-state index contributed by atoms with van der Waals surface area (Å²) in [6.07, 6.45) is 7.21. The molecule has 3 aromatic rings. The summed E-state index contributed by atoms with van der Waals surface area (Å²) in [5, 5.41) is 3.60. The van der Waals surface area contributed by atoms with E-state index in [1.165, 1.54) is 33.8 Å². The van der Waals surface area contributed by atoms with Crippen molar-refractivity contribution in [1.82, 2.24) is 15.3 Å². The second kappa shape index (κ2) is 7.29. The molecule has 0 radical (unpaired) electrons. The van der Waals surface area contributed by atoms with Gasteiger partial charge in [0.2, 0.25) is 0 Å². The fourth-order valence-corrected chi connectivity index (χ4v) is 3.30. The maximum Gasteiger partial charge on any atom is 0.266 e. The lowest BCUT2D eigenvalue weighted by atomic mass is 10.1. The standard InChI is InChI=1S/C21H18N4O2/c26-21(23-24-27)10-9-15-5-7-16(8-6-15)13-25-12-11-18-17-3-1-2-4-19(17)22-20(18)14-25/h1-12,22H,13-14H2,(H,23,26,27). The Balaban J connectivity index is 1.43. The number of nitroso groups, excluding NO2 is 1. The van der Waals surface area contributed by atoms with E-state index in [2.05, 4.69) is 45.6 Å². The van der Waals surface area contributed by atoms with Crippen LogP contribution in [0, 0.1) is 4.91 Å². The number of nitrogens with one attached hydrogen (secondary N) is 2. The molecule has 0 aliphatic carbocycles. The first kappa shape index (κ1) is 16.8. The molecule has 0 unspecified atom stereocenters. The molecule has 0 spiro atoms. The summed E-state index contributed by atoms with van der Waals surface area (Å²) in [7, 11) is 0. The van der Waals surface area contributed by atoms with Gasteiger partial charge >= 0.3 is 0 Å². The number of hydrogen-bond acceptors (Lipinski definition) is 4. The summed E-state index contributed by atoms with van der Waals surface area (Å²) in [6, 6.07) is 16.3. The molecule has 1 aliphatic heterocycles. The highest BCUT2D eigenvalue weighted by Crippen LogP contribution is 2.28. The van der Waals surface area contributed by atoms with Gasteiger partial charge in [0.05, 0.1) is 11.8 Å². The van der Waals surface area contributed by atoms with E-state index in [-0.39, 0.29) is 0 Å². The molecule has 2 heterocycles. The average Bonchev–Trinajstić information content (AvgIpc) is 3.05. The first-order valence-corrected chi connectivity index (χ1v) is 8.64. The molecule has 0 saturated heterocycles. The van der Waals surface area contributed by atoms with Crippen molar-refractivity contribution in [2.45, 2.75) is 13.1 Å². The quantitative estimate of drug-likeness (QED) is 0.412. The largest absolute Gasteiger partial charge is 0.367 e. The lowest BCUT2D eigenvalue weighted by molar-refractivity contribution is -0.116. The number of H-pyrrole nitrogens is 1. The van der Waals surface area contributed by atoms with Crippen molar-refractivity contribution in [3.05, 3.63) is 88.1 Å². The minimum absolute atomic E-state index is 0.540. The highest BCUT2D eigenvalue weighted by molar-refractivity contribution is 5.91. The molecule has 6 nitrogen and oxygen atoms in total. The highest BCUT2D eigenvalue weighted by Gasteiger charge is 2.15. The van der Waals surface area contributed by atoms with Crippen molar-refractivity contribution in [3.63, 3.8) is 0 Å². The van der Waals surface area contributed by atoms with Gasteiger partial charge in [-0.25, -0.2) is 5.43 Å². The zero-order valence-corrected chi connectivity index (χ0v) is 14.6. The number of carbonyl (C=O) groups excluding carboxylic acids is 1. The molecule has 0 fully saturated rings. The van der Waals surface area contributed by atoms with E-state index in [1.807, 2.05) is 35.8 Å². The Morgan fingerprint density at radius 2 is 2.00 bits per heavy atom. The summed E-state index contributed by atoms with van der Waals surface area (Å²) in [5.41, 5.74) is 7.55. The van der Waals surface area contributed by atoms with Crippen molar-refractivity contribution >= 4 is 29.0 Å². The Morgan fingerprint density at radius 3 is 2.81 bits per heavy atom. The number of hydrogen-bond donors (Lipinski definition) is 2. The summed E-state index contributed by atoms with van der Waals surface area (Å²) < 4.78 is 0. The number of aromatic amines is 1. The van der Waals surface area contributed by atoms with E-state index in [0.717, 1.165) is 18.7 Å². The van der Waals surface area contributed by atoms with E-state index < -0.39 is 5.91 Å². The van der Waals surface area contributed by atoms with Crippen molar-refractivity contribution in [3.8, 4) is 0 Å². The van der Waals surface area contributed by atoms with Gasteiger partial charge < -0.3 is 9.88 Å². The van der Waals surface area contributed by atoms with Crippen LogP contribution >= 0.6 is 0 Å². The van der Waals surface area contributed by atoms with Crippen LogP contribution in [0.5, 0.6) is 0 Å². The van der Waals surface area contributed by atoms with Gasteiger partial charge in [0.15, 0.2) is 0 Å². The maximum absolute atomic E-state index is 11.2. The highest BCUT2D eigenvalue weighted by atomic mass is 16.3.